The maximum Gasteiger partial charge on any atom is 0.210 e. The van der Waals surface area contributed by atoms with Gasteiger partial charge in [-0.25, -0.2) is 4.98 Å². The van der Waals surface area contributed by atoms with Crippen molar-refractivity contribution in [3.63, 3.8) is 0 Å². The van der Waals surface area contributed by atoms with Crippen LogP contribution in [0.5, 0.6) is 0 Å². The van der Waals surface area contributed by atoms with Crippen LogP contribution in [0.1, 0.15) is 26.6 Å². The first kappa shape index (κ1) is 19.9. The molecule has 0 radical (unpaired) electrons. The molecule has 0 saturated carbocycles. The summed E-state index contributed by atoms with van der Waals surface area (Å²) < 4.78 is 0. The van der Waals surface area contributed by atoms with Crippen molar-refractivity contribution >= 4 is 41.2 Å². The molecule has 0 bridgehead atoms. The molecule has 0 aliphatic rings. The third-order valence-electron chi connectivity index (χ3n) is 5.14. The van der Waals surface area contributed by atoms with Crippen LogP contribution in [0.2, 0.25) is 0 Å². The van der Waals surface area contributed by atoms with Crippen LogP contribution in [0.3, 0.4) is 0 Å². The molecule has 1 heterocycles. The average molecular weight is 418 g/mol. The summed E-state index contributed by atoms with van der Waals surface area (Å²) in [4.78, 5) is 8.58. The highest BCUT2D eigenvalue weighted by Crippen LogP contribution is 2.55. The number of aromatic nitrogens is 2. The van der Waals surface area contributed by atoms with E-state index in [0.717, 1.165) is 16.3 Å². The summed E-state index contributed by atoms with van der Waals surface area (Å²) in [6, 6.07) is 32.3. The second-order valence-electron chi connectivity index (χ2n) is 8.19. The maximum absolute atomic E-state index is 4.88. The summed E-state index contributed by atoms with van der Waals surface area (Å²) in [6.45, 7) is 6.53. The van der Waals surface area contributed by atoms with Crippen molar-refractivity contribution in [3.05, 3.63) is 96.8 Å². The zero-order chi connectivity index (χ0) is 20.5. The molecule has 4 heteroatoms. The standard InChI is InChI=1S/C25H25N2PS/c1-25(2,3)24-26-22(23(29)27-24)28(19-13-7-4-8-14-19,20-15-9-5-10-16-20)21-17-11-6-12-18-21/h4-18H,1-3H3,(H-,26,27,29)/p+1. The molecule has 4 rings (SSSR count). The molecule has 0 spiro atoms. The van der Waals surface area contributed by atoms with Crippen LogP contribution >= 0.6 is 19.9 Å². The summed E-state index contributed by atoms with van der Waals surface area (Å²) in [5, 5.41) is 4.64. The molecule has 2 nitrogen and oxygen atoms in total. The SMILES string of the molecule is CC(C)(C)c1nc(S)c([P+](c2ccccc2)(c2ccccc2)c2ccccc2)[nH]1. The Labute approximate surface area is 179 Å². The van der Waals surface area contributed by atoms with Crippen LogP contribution in [0, 0.1) is 0 Å². The Bertz CT molecular complexity index is 987. The summed E-state index contributed by atoms with van der Waals surface area (Å²) in [7, 11) is -2.19. The van der Waals surface area contributed by atoms with E-state index < -0.39 is 7.26 Å². The zero-order valence-electron chi connectivity index (χ0n) is 17.0. The van der Waals surface area contributed by atoms with Crippen LogP contribution in [0.4, 0.5) is 0 Å². The Hall–Kier alpha value is -2.35. The van der Waals surface area contributed by atoms with Crippen molar-refractivity contribution in [1.82, 2.24) is 9.97 Å². The molecular formula is C25H26N2PS+. The molecule has 4 aromatic rings. The average Bonchev–Trinajstić information content (AvgIpc) is 3.14. The number of hydrogen-bond acceptors (Lipinski definition) is 2. The van der Waals surface area contributed by atoms with Gasteiger partial charge >= 0.3 is 0 Å². The molecule has 0 aliphatic heterocycles. The highest BCUT2D eigenvalue weighted by molar-refractivity contribution is 8.02. The van der Waals surface area contributed by atoms with Crippen molar-refractivity contribution in [3.8, 4) is 0 Å². The quantitative estimate of drug-likeness (QED) is 0.368. The molecule has 0 aliphatic carbocycles. The Kier molecular flexibility index (Phi) is 5.38. The number of thiol groups is 1. The van der Waals surface area contributed by atoms with Gasteiger partial charge in [0.05, 0.1) is 0 Å². The van der Waals surface area contributed by atoms with Crippen molar-refractivity contribution < 1.29 is 0 Å². The lowest BCUT2D eigenvalue weighted by molar-refractivity contribution is 0.550. The van der Waals surface area contributed by atoms with E-state index in [1.165, 1.54) is 15.9 Å². The number of rotatable bonds is 4. The second-order valence-corrected chi connectivity index (χ2v) is 11.9. The summed E-state index contributed by atoms with van der Waals surface area (Å²) >= 11 is 4.88. The van der Waals surface area contributed by atoms with Crippen LogP contribution in [0.15, 0.2) is 96.0 Å². The predicted molar refractivity (Wildman–Crippen MR) is 129 cm³/mol. The number of nitrogens with one attached hydrogen (secondary N) is 1. The maximum atomic E-state index is 4.88. The van der Waals surface area contributed by atoms with Crippen molar-refractivity contribution in [2.24, 2.45) is 0 Å². The lowest BCUT2D eigenvalue weighted by Crippen LogP contribution is -2.40. The van der Waals surface area contributed by atoms with Gasteiger partial charge in [-0.05, 0) is 36.4 Å². The number of H-pyrrole nitrogens is 1. The van der Waals surface area contributed by atoms with Gasteiger partial charge in [-0.1, -0.05) is 75.4 Å². The molecular weight excluding hydrogens is 391 g/mol. The van der Waals surface area contributed by atoms with Gasteiger partial charge in [-0.15, -0.1) is 12.6 Å². The van der Waals surface area contributed by atoms with Crippen molar-refractivity contribution in [2.75, 3.05) is 0 Å². The van der Waals surface area contributed by atoms with E-state index >= 15 is 0 Å². The fraction of sp³-hybridized carbons (Fsp3) is 0.160. The van der Waals surface area contributed by atoms with E-state index in [2.05, 4.69) is 117 Å². The predicted octanol–water partition coefficient (Wildman–Crippen LogP) is 4.62. The third-order valence-corrected chi connectivity index (χ3v) is 9.86. The van der Waals surface area contributed by atoms with Gasteiger partial charge in [0, 0.05) is 5.41 Å². The fourth-order valence-corrected chi connectivity index (χ4v) is 8.49. The minimum atomic E-state index is -2.19. The van der Waals surface area contributed by atoms with E-state index in [1.54, 1.807) is 0 Å². The summed E-state index contributed by atoms with van der Waals surface area (Å²) in [5.74, 6) is 0.963. The molecule has 1 aromatic heterocycles. The van der Waals surface area contributed by atoms with Gasteiger partial charge in [0.15, 0.2) is 12.3 Å². The lowest BCUT2D eigenvalue weighted by Gasteiger charge is -2.26. The van der Waals surface area contributed by atoms with Gasteiger partial charge in [-0.2, -0.15) is 0 Å². The van der Waals surface area contributed by atoms with Crippen LogP contribution in [-0.4, -0.2) is 9.97 Å². The molecule has 0 fully saturated rings. The minimum Gasteiger partial charge on any atom is -0.311 e. The van der Waals surface area contributed by atoms with Gasteiger partial charge in [0.2, 0.25) is 5.44 Å². The Balaban J connectivity index is 2.14. The molecule has 0 amide bonds. The minimum absolute atomic E-state index is 0.0878. The molecule has 29 heavy (non-hydrogen) atoms. The van der Waals surface area contributed by atoms with Gasteiger partial charge in [0.1, 0.15) is 21.7 Å². The van der Waals surface area contributed by atoms with Crippen LogP contribution in [0.25, 0.3) is 0 Å². The normalized spacial score (nSPS) is 12.1. The molecule has 1 N–H and O–H groups in total. The number of benzene rings is 3. The highest BCUT2D eigenvalue weighted by Gasteiger charge is 2.51. The molecule has 0 atom stereocenters. The van der Waals surface area contributed by atoms with E-state index in [0.29, 0.717) is 0 Å². The second kappa shape index (κ2) is 7.82. The number of aromatic amines is 1. The van der Waals surface area contributed by atoms with E-state index in [9.17, 15) is 0 Å². The highest BCUT2D eigenvalue weighted by atomic mass is 32.1. The van der Waals surface area contributed by atoms with E-state index in [-0.39, 0.29) is 5.41 Å². The lowest BCUT2D eigenvalue weighted by atomic mass is 9.96. The van der Waals surface area contributed by atoms with Crippen LogP contribution in [-0.2, 0) is 5.41 Å². The first-order chi connectivity index (χ1) is 13.9. The first-order valence-electron chi connectivity index (χ1n) is 9.80. The number of hydrogen-bond donors (Lipinski definition) is 2. The number of imidazole rings is 1. The first-order valence-corrected chi connectivity index (χ1v) is 12.0. The van der Waals surface area contributed by atoms with E-state index in [1.807, 2.05) is 0 Å². The largest absolute Gasteiger partial charge is 0.311 e. The van der Waals surface area contributed by atoms with Gasteiger partial charge < -0.3 is 4.98 Å². The zero-order valence-corrected chi connectivity index (χ0v) is 18.8. The van der Waals surface area contributed by atoms with Crippen LogP contribution < -0.4 is 21.3 Å². The molecule has 0 saturated heterocycles. The Morgan fingerprint density at radius 3 is 1.38 bits per heavy atom. The fourth-order valence-electron chi connectivity index (χ4n) is 3.73. The van der Waals surface area contributed by atoms with Crippen molar-refractivity contribution in [2.45, 2.75) is 31.2 Å². The molecule has 3 aromatic carbocycles. The van der Waals surface area contributed by atoms with Gasteiger partial charge in [0.25, 0.3) is 0 Å². The summed E-state index contributed by atoms with van der Waals surface area (Å²) in [6.07, 6.45) is 0. The topological polar surface area (TPSA) is 28.7 Å². The molecule has 0 unspecified atom stereocenters. The Morgan fingerprint density at radius 1 is 0.690 bits per heavy atom. The van der Waals surface area contributed by atoms with Crippen molar-refractivity contribution in [1.29, 1.82) is 0 Å². The van der Waals surface area contributed by atoms with Gasteiger partial charge in [-0.3, -0.25) is 0 Å². The smallest absolute Gasteiger partial charge is 0.210 e. The van der Waals surface area contributed by atoms with E-state index in [4.69, 9.17) is 17.6 Å². The monoisotopic (exact) mass is 417 g/mol. The number of nitrogens with zero attached hydrogens (tertiary/aromatic N) is 1. The summed E-state index contributed by atoms with van der Waals surface area (Å²) in [5.41, 5.74) is 1.02. The third kappa shape index (κ3) is 3.54. The molecule has 146 valence electrons. The Morgan fingerprint density at radius 2 is 1.07 bits per heavy atom.